The van der Waals surface area contributed by atoms with Crippen LogP contribution in [0.5, 0.6) is 5.75 Å². The Balaban J connectivity index is 1.81. The monoisotopic (exact) mass is 323 g/mol. The molecule has 2 aromatic carbocycles. The van der Waals surface area contributed by atoms with Crippen LogP contribution in [-0.4, -0.2) is 12.5 Å². The van der Waals surface area contributed by atoms with Gasteiger partial charge in [0.05, 0.1) is 23.1 Å². The third-order valence-electron chi connectivity index (χ3n) is 2.79. The predicted molar refractivity (Wildman–Crippen MR) is 86.4 cm³/mol. The molecule has 0 aliphatic heterocycles. The van der Waals surface area contributed by atoms with Gasteiger partial charge in [-0.2, -0.15) is 0 Å². The van der Waals surface area contributed by atoms with Gasteiger partial charge in [0.15, 0.2) is 0 Å². The smallest absolute Gasteiger partial charge is 0.227 e. The maximum Gasteiger partial charge on any atom is 0.227 e. The number of hydrogen-bond donors (Lipinski definition) is 1. The van der Waals surface area contributed by atoms with Gasteiger partial charge in [0, 0.05) is 5.69 Å². The lowest BCUT2D eigenvalue weighted by atomic mass is 10.2. The van der Waals surface area contributed by atoms with Crippen LogP contribution in [-0.2, 0) is 4.79 Å². The number of rotatable bonds is 5. The van der Waals surface area contributed by atoms with Gasteiger partial charge in [-0.15, -0.1) is 0 Å². The molecule has 110 valence electrons. The standard InChI is InChI=1S/C16H15Cl2NO2/c1-11-3-2-4-13(9-11)21-8-7-16(20)19-12-5-6-14(17)15(18)10-12/h2-6,9-10H,7-8H2,1H3,(H,19,20). The largest absolute Gasteiger partial charge is 0.493 e. The second kappa shape index (κ2) is 7.34. The van der Waals surface area contributed by atoms with E-state index >= 15 is 0 Å². The fourth-order valence-corrected chi connectivity index (χ4v) is 2.06. The highest BCUT2D eigenvalue weighted by Crippen LogP contribution is 2.25. The van der Waals surface area contributed by atoms with E-state index in [4.69, 9.17) is 27.9 Å². The van der Waals surface area contributed by atoms with Crippen LogP contribution in [0.15, 0.2) is 42.5 Å². The first-order chi connectivity index (χ1) is 10.0. The lowest BCUT2D eigenvalue weighted by molar-refractivity contribution is -0.116. The molecule has 0 saturated carbocycles. The molecule has 2 aromatic rings. The van der Waals surface area contributed by atoms with Crippen molar-refractivity contribution in [1.29, 1.82) is 0 Å². The van der Waals surface area contributed by atoms with Crippen LogP contribution in [0.25, 0.3) is 0 Å². The Hall–Kier alpha value is -1.71. The third-order valence-corrected chi connectivity index (χ3v) is 3.53. The Morgan fingerprint density at radius 2 is 1.95 bits per heavy atom. The SMILES string of the molecule is Cc1cccc(OCCC(=O)Nc2ccc(Cl)c(Cl)c2)c1. The molecule has 0 aliphatic carbocycles. The molecular weight excluding hydrogens is 309 g/mol. The average Bonchev–Trinajstić information content (AvgIpc) is 2.43. The van der Waals surface area contributed by atoms with E-state index in [-0.39, 0.29) is 12.3 Å². The van der Waals surface area contributed by atoms with Crippen LogP contribution in [0.3, 0.4) is 0 Å². The number of anilines is 1. The topological polar surface area (TPSA) is 38.3 Å². The molecule has 0 atom stereocenters. The Labute approximate surface area is 133 Å². The summed E-state index contributed by atoms with van der Waals surface area (Å²) < 4.78 is 5.53. The highest BCUT2D eigenvalue weighted by atomic mass is 35.5. The molecule has 3 nitrogen and oxygen atoms in total. The number of ether oxygens (including phenoxy) is 1. The molecule has 0 spiro atoms. The predicted octanol–water partition coefficient (Wildman–Crippen LogP) is 4.71. The summed E-state index contributed by atoms with van der Waals surface area (Å²) in [7, 11) is 0. The fourth-order valence-electron chi connectivity index (χ4n) is 1.76. The van der Waals surface area contributed by atoms with E-state index in [1.807, 2.05) is 31.2 Å². The summed E-state index contributed by atoms with van der Waals surface area (Å²) >= 11 is 11.7. The van der Waals surface area contributed by atoms with Crippen molar-refractivity contribution >= 4 is 34.8 Å². The van der Waals surface area contributed by atoms with E-state index in [1.165, 1.54) is 0 Å². The van der Waals surface area contributed by atoms with Gasteiger partial charge < -0.3 is 10.1 Å². The number of halogens is 2. The highest BCUT2D eigenvalue weighted by Gasteiger charge is 2.05. The summed E-state index contributed by atoms with van der Waals surface area (Å²) in [6.07, 6.45) is 0.258. The molecular formula is C16H15Cl2NO2. The Morgan fingerprint density at radius 3 is 2.67 bits per heavy atom. The minimum atomic E-state index is -0.138. The van der Waals surface area contributed by atoms with Crippen LogP contribution in [0.1, 0.15) is 12.0 Å². The summed E-state index contributed by atoms with van der Waals surface area (Å²) in [4.78, 5) is 11.8. The van der Waals surface area contributed by atoms with Crippen LogP contribution >= 0.6 is 23.2 Å². The summed E-state index contributed by atoms with van der Waals surface area (Å²) in [5, 5.41) is 3.61. The van der Waals surface area contributed by atoms with Crippen molar-refractivity contribution in [1.82, 2.24) is 0 Å². The molecule has 21 heavy (non-hydrogen) atoms. The fraction of sp³-hybridized carbons (Fsp3) is 0.188. The molecule has 0 radical (unpaired) electrons. The second-order valence-electron chi connectivity index (χ2n) is 4.59. The van der Waals surface area contributed by atoms with Gasteiger partial charge in [-0.05, 0) is 42.8 Å². The molecule has 0 unspecified atom stereocenters. The van der Waals surface area contributed by atoms with Crippen molar-refractivity contribution in [3.05, 3.63) is 58.1 Å². The summed E-state index contributed by atoms with van der Waals surface area (Å²) in [5.74, 6) is 0.623. The van der Waals surface area contributed by atoms with E-state index in [0.717, 1.165) is 11.3 Å². The number of aryl methyl sites for hydroxylation is 1. The number of nitrogens with one attached hydrogen (secondary N) is 1. The minimum absolute atomic E-state index is 0.138. The molecule has 0 bridgehead atoms. The van der Waals surface area contributed by atoms with Gasteiger partial charge in [0.25, 0.3) is 0 Å². The quantitative estimate of drug-likeness (QED) is 0.865. The van der Waals surface area contributed by atoms with Crippen LogP contribution < -0.4 is 10.1 Å². The molecule has 1 amide bonds. The summed E-state index contributed by atoms with van der Waals surface area (Å²) in [5.41, 5.74) is 1.73. The first-order valence-electron chi connectivity index (χ1n) is 6.49. The third kappa shape index (κ3) is 4.96. The van der Waals surface area contributed by atoms with Crippen molar-refractivity contribution in [3.8, 4) is 5.75 Å². The van der Waals surface area contributed by atoms with Crippen molar-refractivity contribution in [2.45, 2.75) is 13.3 Å². The van der Waals surface area contributed by atoms with E-state index in [1.54, 1.807) is 18.2 Å². The van der Waals surface area contributed by atoms with Gasteiger partial charge in [0.1, 0.15) is 5.75 Å². The van der Waals surface area contributed by atoms with Gasteiger partial charge in [-0.3, -0.25) is 4.79 Å². The van der Waals surface area contributed by atoms with Crippen LogP contribution in [0, 0.1) is 6.92 Å². The molecule has 0 aromatic heterocycles. The number of carbonyl (C=O) groups is 1. The molecule has 0 saturated heterocycles. The number of benzene rings is 2. The van der Waals surface area contributed by atoms with Gasteiger partial charge >= 0.3 is 0 Å². The van der Waals surface area contributed by atoms with Gasteiger partial charge in [0.2, 0.25) is 5.91 Å². The Morgan fingerprint density at radius 1 is 1.14 bits per heavy atom. The first kappa shape index (κ1) is 15.7. The van der Waals surface area contributed by atoms with Gasteiger partial charge in [-0.1, -0.05) is 35.3 Å². The van der Waals surface area contributed by atoms with Gasteiger partial charge in [-0.25, -0.2) is 0 Å². The van der Waals surface area contributed by atoms with Crippen molar-refractivity contribution in [3.63, 3.8) is 0 Å². The second-order valence-corrected chi connectivity index (χ2v) is 5.41. The number of amides is 1. The lowest BCUT2D eigenvalue weighted by Crippen LogP contribution is -2.15. The number of carbonyl (C=O) groups excluding carboxylic acids is 1. The summed E-state index contributed by atoms with van der Waals surface area (Å²) in [6.45, 7) is 2.31. The summed E-state index contributed by atoms with van der Waals surface area (Å²) in [6, 6.07) is 12.7. The average molecular weight is 324 g/mol. The Kier molecular flexibility index (Phi) is 5.48. The van der Waals surface area contributed by atoms with E-state index in [2.05, 4.69) is 5.32 Å². The van der Waals surface area contributed by atoms with Crippen molar-refractivity contribution in [2.75, 3.05) is 11.9 Å². The normalized spacial score (nSPS) is 10.2. The van der Waals surface area contributed by atoms with E-state index in [0.29, 0.717) is 22.3 Å². The molecule has 2 rings (SSSR count). The lowest BCUT2D eigenvalue weighted by Gasteiger charge is -2.08. The van der Waals surface area contributed by atoms with Crippen LogP contribution in [0.2, 0.25) is 10.0 Å². The molecule has 0 fully saturated rings. The highest BCUT2D eigenvalue weighted by molar-refractivity contribution is 6.42. The van der Waals surface area contributed by atoms with E-state index < -0.39 is 0 Å². The maximum absolute atomic E-state index is 11.8. The minimum Gasteiger partial charge on any atom is -0.493 e. The Bertz CT molecular complexity index is 644. The zero-order chi connectivity index (χ0) is 15.2. The molecule has 1 N–H and O–H groups in total. The first-order valence-corrected chi connectivity index (χ1v) is 7.24. The van der Waals surface area contributed by atoms with Crippen LogP contribution in [0.4, 0.5) is 5.69 Å². The maximum atomic E-state index is 11.8. The van der Waals surface area contributed by atoms with E-state index in [9.17, 15) is 4.79 Å². The molecule has 0 heterocycles. The number of hydrogen-bond acceptors (Lipinski definition) is 2. The zero-order valence-electron chi connectivity index (χ0n) is 11.5. The van der Waals surface area contributed by atoms with Crippen molar-refractivity contribution in [2.24, 2.45) is 0 Å². The molecule has 0 aliphatic rings. The molecule has 5 heteroatoms. The zero-order valence-corrected chi connectivity index (χ0v) is 13.0. The van der Waals surface area contributed by atoms with Crippen molar-refractivity contribution < 1.29 is 9.53 Å².